The number of carbonyl (C=O) groups is 5. The van der Waals surface area contributed by atoms with Crippen LogP contribution < -0.4 is 0 Å². The molecule has 0 spiro atoms. The molecule has 3 aliphatic carbocycles. The van der Waals surface area contributed by atoms with E-state index >= 15 is 0 Å². The lowest BCUT2D eigenvalue weighted by Gasteiger charge is -2.58. The number of rotatable bonds is 10. The van der Waals surface area contributed by atoms with E-state index in [4.69, 9.17) is 23.7 Å². The number of ether oxygens (including phenoxy) is 5. The molecule has 254 valence electrons. The molecule has 0 aliphatic heterocycles. The molecule has 0 aromatic carbocycles. The summed E-state index contributed by atoms with van der Waals surface area (Å²) in [6.07, 6.45) is -2.90. The van der Waals surface area contributed by atoms with E-state index in [1.165, 1.54) is 20.8 Å². The molecule has 0 radical (unpaired) electrons. The van der Waals surface area contributed by atoms with Crippen molar-refractivity contribution in [2.75, 3.05) is 0 Å². The highest BCUT2D eigenvalue weighted by molar-refractivity contribution is 5.71. The largest absolute Gasteiger partial charge is 0.462 e. The minimum atomic E-state index is -1.30. The van der Waals surface area contributed by atoms with Gasteiger partial charge in [-0.2, -0.15) is 0 Å². The molecule has 2 fully saturated rings. The molecule has 3 rings (SSSR count). The lowest BCUT2D eigenvalue weighted by Crippen LogP contribution is -2.63. The Kier molecular flexibility index (Phi) is 11.5. The van der Waals surface area contributed by atoms with Crippen molar-refractivity contribution < 1.29 is 52.8 Å². The van der Waals surface area contributed by atoms with E-state index in [0.717, 1.165) is 0 Å². The molecule has 0 aromatic rings. The first kappa shape index (κ1) is 36.5. The van der Waals surface area contributed by atoms with E-state index in [9.17, 15) is 29.1 Å². The molecular weight excluding hydrogens is 584 g/mol. The first-order valence-corrected chi connectivity index (χ1v) is 16.2. The maximum Gasteiger partial charge on any atom is 0.306 e. The van der Waals surface area contributed by atoms with Gasteiger partial charge < -0.3 is 28.8 Å². The summed E-state index contributed by atoms with van der Waals surface area (Å²) in [5.74, 6) is -4.18. The normalized spacial score (nSPS) is 37.3. The predicted molar refractivity (Wildman–Crippen MR) is 162 cm³/mol. The number of fused-ring (bicyclic) bond motifs is 3. The van der Waals surface area contributed by atoms with E-state index in [-0.39, 0.29) is 25.2 Å². The number of allylic oxidation sites excluding steroid dienone is 1. The van der Waals surface area contributed by atoms with Gasteiger partial charge in [-0.1, -0.05) is 47.6 Å². The smallest absolute Gasteiger partial charge is 0.306 e. The fourth-order valence-electron chi connectivity index (χ4n) is 8.35. The van der Waals surface area contributed by atoms with Crippen LogP contribution in [0, 0.1) is 34.5 Å². The zero-order valence-corrected chi connectivity index (χ0v) is 28.4. The molecule has 11 heteroatoms. The molecule has 11 atom stereocenters. The number of esters is 5. The molecule has 0 saturated heterocycles. The summed E-state index contributed by atoms with van der Waals surface area (Å²) in [5, 5.41) is 11.5. The number of hydrogen-bond acceptors (Lipinski definition) is 11. The minimum Gasteiger partial charge on any atom is -0.462 e. The summed E-state index contributed by atoms with van der Waals surface area (Å²) in [6, 6.07) is 0. The summed E-state index contributed by atoms with van der Waals surface area (Å²) >= 11 is 0. The Balaban J connectivity index is 2.38. The first-order valence-electron chi connectivity index (χ1n) is 16.2. The van der Waals surface area contributed by atoms with E-state index in [2.05, 4.69) is 0 Å². The average Bonchev–Trinajstić information content (AvgIpc) is 3.12. The highest BCUT2D eigenvalue weighted by atomic mass is 16.6. The third kappa shape index (κ3) is 7.08. The van der Waals surface area contributed by atoms with Crippen LogP contribution in [-0.2, 0) is 47.7 Å². The van der Waals surface area contributed by atoms with Crippen molar-refractivity contribution >= 4 is 29.8 Å². The molecule has 0 aromatic heterocycles. The Morgan fingerprint density at radius 2 is 1.36 bits per heavy atom. The monoisotopic (exact) mass is 636 g/mol. The van der Waals surface area contributed by atoms with Gasteiger partial charge in [-0.25, -0.2) is 0 Å². The Labute approximate surface area is 266 Å². The summed E-state index contributed by atoms with van der Waals surface area (Å²) in [5.41, 5.74) is -1.61. The van der Waals surface area contributed by atoms with Gasteiger partial charge >= 0.3 is 29.8 Å². The van der Waals surface area contributed by atoms with Crippen molar-refractivity contribution in [1.29, 1.82) is 0 Å². The highest BCUT2D eigenvalue weighted by Crippen LogP contribution is 2.67. The fourth-order valence-corrected chi connectivity index (χ4v) is 8.35. The van der Waals surface area contributed by atoms with E-state index < -0.39 is 95.1 Å². The van der Waals surface area contributed by atoms with Crippen LogP contribution in [0.4, 0.5) is 0 Å². The van der Waals surface area contributed by atoms with Crippen LogP contribution >= 0.6 is 0 Å². The second-order valence-electron chi connectivity index (χ2n) is 13.9. The van der Waals surface area contributed by atoms with Crippen molar-refractivity contribution in [1.82, 2.24) is 0 Å². The topological polar surface area (TPSA) is 152 Å². The Hall–Kier alpha value is -2.95. The number of carbonyl (C=O) groups excluding carboxylic acids is 5. The first-order chi connectivity index (χ1) is 20.9. The van der Waals surface area contributed by atoms with Gasteiger partial charge in [-0.3, -0.25) is 24.0 Å². The minimum absolute atomic E-state index is 0.109. The van der Waals surface area contributed by atoms with Crippen LogP contribution in [0.1, 0.15) is 101 Å². The summed E-state index contributed by atoms with van der Waals surface area (Å²) < 4.78 is 30.1. The molecule has 0 amide bonds. The molecule has 45 heavy (non-hydrogen) atoms. The van der Waals surface area contributed by atoms with Gasteiger partial charge in [0.15, 0.2) is 6.10 Å². The number of hydrogen-bond donors (Lipinski definition) is 1. The van der Waals surface area contributed by atoms with Gasteiger partial charge in [0.2, 0.25) is 0 Å². The van der Waals surface area contributed by atoms with Crippen LogP contribution in [0.15, 0.2) is 11.6 Å². The summed E-state index contributed by atoms with van der Waals surface area (Å²) in [4.78, 5) is 63.9. The van der Waals surface area contributed by atoms with Gasteiger partial charge in [0.25, 0.3) is 0 Å². The van der Waals surface area contributed by atoms with Gasteiger partial charge in [-0.15, -0.1) is 0 Å². The molecule has 11 nitrogen and oxygen atoms in total. The lowest BCUT2D eigenvalue weighted by atomic mass is 9.49. The molecule has 2 saturated carbocycles. The molecule has 3 aliphatic rings. The zero-order valence-electron chi connectivity index (χ0n) is 28.4. The van der Waals surface area contributed by atoms with E-state index in [1.54, 1.807) is 6.92 Å². The van der Waals surface area contributed by atoms with Crippen LogP contribution in [0.25, 0.3) is 0 Å². The Morgan fingerprint density at radius 3 is 1.84 bits per heavy atom. The van der Waals surface area contributed by atoms with Crippen molar-refractivity contribution in [2.24, 2.45) is 34.5 Å². The van der Waals surface area contributed by atoms with E-state index in [1.807, 2.05) is 47.6 Å². The second-order valence-corrected chi connectivity index (χ2v) is 13.9. The summed E-state index contributed by atoms with van der Waals surface area (Å²) in [7, 11) is 0. The molecule has 11 unspecified atom stereocenters. The van der Waals surface area contributed by atoms with Gasteiger partial charge in [-0.05, 0) is 49.5 Å². The van der Waals surface area contributed by atoms with Gasteiger partial charge in [0.1, 0.15) is 30.5 Å². The molecular formula is C34H52O11. The third-order valence-corrected chi connectivity index (χ3v) is 10.2. The third-order valence-electron chi connectivity index (χ3n) is 10.2. The number of aliphatic hydroxyl groups is 1. The molecule has 0 heterocycles. The standard InChI is InChI=1S/C34H52O11/c1-11-13-24(38)44-29-26(17(3)4)27-22-15-18(5)28(40)30(42-20(7)36)31(43-21(8)37)33(22,9)16-23(41-19(6)35)34(27,10)32(29)45-25(39)14-12-2/h15,17,22-23,26-32,40H,11-14,16H2,1-10H3. The average molecular weight is 637 g/mol. The van der Waals surface area contributed by atoms with Gasteiger partial charge in [0.05, 0.1) is 0 Å². The lowest BCUT2D eigenvalue weighted by molar-refractivity contribution is -0.225. The number of aliphatic hydroxyl groups excluding tert-OH is 1. The SMILES string of the molecule is CCCC(=O)OC1C(C(C)C)C2C3C=C(C)C(O)C(OC(C)=O)C(OC(C)=O)C3(C)CC(OC(C)=O)C2(C)C1OC(=O)CCC. The maximum atomic E-state index is 13.2. The Morgan fingerprint density at radius 1 is 0.822 bits per heavy atom. The van der Waals surface area contributed by atoms with Crippen molar-refractivity contribution in [3.05, 3.63) is 11.6 Å². The van der Waals surface area contributed by atoms with Crippen LogP contribution in [0.3, 0.4) is 0 Å². The molecule has 1 N–H and O–H groups in total. The van der Waals surface area contributed by atoms with Crippen molar-refractivity contribution in [3.8, 4) is 0 Å². The quantitative estimate of drug-likeness (QED) is 0.206. The Bertz CT molecular complexity index is 1180. The zero-order chi connectivity index (χ0) is 34.0. The maximum absolute atomic E-state index is 13.2. The summed E-state index contributed by atoms with van der Waals surface area (Å²) in [6.45, 7) is 17.0. The van der Waals surface area contributed by atoms with Crippen LogP contribution in [0.5, 0.6) is 0 Å². The van der Waals surface area contributed by atoms with Crippen LogP contribution in [-0.4, -0.2) is 71.6 Å². The fraction of sp³-hybridized carbons (Fsp3) is 0.794. The van der Waals surface area contributed by atoms with Crippen LogP contribution in [0.2, 0.25) is 0 Å². The predicted octanol–water partition coefficient (Wildman–Crippen LogP) is 4.46. The van der Waals surface area contributed by atoms with Crippen molar-refractivity contribution in [3.63, 3.8) is 0 Å². The highest BCUT2D eigenvalue weighted by Gasteiger charge is 2.74. The van der Waals surface area contributed by atoms with Gasteiger partial charge in [0, 0.05) is 50.4 Å². The van der Waals surface area contributed by atoms with E-state index in [0.29, 0.717) is 18.4 Å². The second kappa shape index (κ2) is 14.2. The molecule has 0 bridgehead atoms. The van der Waals surface area contributed by atoms with Crippen molar-refractivity contribution in [2.45, 2.75) is 138 Å².